The van der Waals surface area contributed by atoms with Crippen molar-refractivity contribution in [3.63, 3.8) is 0 Å². The fourth-order valence-electron chi connectivity index (χ4n) is 2.09. The average Bonchev–Trinajstić information content (AvgIpc) is 2.99. The molecule has 4 N–H and O–H groups in total. The van der Waals surface area contributed by atoms with Crippen molar-refractivity contribution >= 4 is 44.0 Å². The molecule has 3 aromatic rings. The highest BCUT2D eigenvalue weighted by Gasteiger charge is 2.11. The molecule has 0 saturated heterocycles. The number of hydrogen-bond acceptors (Lipinski definition) is 9. The maximum atomic E-state index is 6.12. The number of benzene rings is 1. The van der Waals surface area contributed by atoms with Crippen LogP contribution in [0.3, 0.4) is 0 Å². The van der Waals surface area contributed by atoms with Gasteiger partial charge in [0.25, 0.3) is 0 Å². The Kier molecular flexibility index (Phi) is 4.92. The largest absolute Gasteiger partial charge is 0.497 e. The number of aromatic nitrogens is 3. The van der Waals surface area contributed by atoms with Crippen LogP contribution < -0.4 is 21.1 Å². The van der Waals surface area contributed by atoms with Crippen LogP contribution in [0.4, 0.5) is 22.5 Å². The van der Waals surface area contributed by atoms with Crippen LogP contribution in [0.15, 0.2) is 24.5 Å². The third-order valence-electron chi connectivity index (χ3n) is 3.30. The molecule has 3 rings (SSSR count). The zero-order valence-corrected chi connectivity index (χ0v) is 14.2. The number of nitrogens with zero attached hydrogens (tertiary/aromatic N) is 3. The summed E-state index contributed by atoms with van der Waals surface area (Å²) in [5.74, 6) is 1.87. The Morgan fingerprint density at radius 1 is 1.21 bits per heavy atom. The van der Waals surface area contributed by atoms with Crippen molar-refractivity contribution in [2.24, 2.45) is 0 Å². The molecule has 0 aliphatic heterocycles. The van der Waals surface area contributed by atoms with Crippen LogP contribution in [0, 0.1) is 0 Å². The zero-order valence-electron chi connectivity index (χ0n) is 13.4. The van der Waals surface area contributed by atoms with Crippen molar-refractivity contribution in [2.45, 2.75) is 0 Å². The van der Waals surface area contributed by atoms with Crippen molar-refractivity contribution in [1.29, 1.82) is 0 Å². The molecule has 0 atom stereocenters. The monoisotopic (exact) mass is 346 g/mol. The van der Waals surface area contributed by atoms with Gasteiger partial charge in [0.15, 0.2) is 16.8 Å². The molecule has 0 amide bonds. The SMILES string of the molecule is COCCNc1ncnc(Nc2nc3ccc(OC)cc3s2)c1N. The van der Waals surface area contributed by atoms with E-state index in [2.05, 4.69) is 25.6 Å². The summed E-state index contributed by atoms with van der Waals surface area (Å²) in [4.78, 5) is 12.9. The van der Waals surface area contributed by atoms with E-state index in [9.17, 15) is 0 Å². The van der Waals surface area contributed by atoms with Gasteiger partial charge in [-0.15, -0.1) is 0 Å². The van der Waals surface area contributed by atoms with Crippen LogP contribution in [0.25, 0.3) is 10.2 Å². The topological polar surface area (TPSA) is 107 Å². The first kappa shape index (κ1) is 16.2. The first-order valence-corrected chi connectivity index (χ1v) is 8.08. The second-order valence-corrected chi connectivity index (χ2v) is 5.91. The number of ether oxygens (including phenoxy) is 2. The van der Waals surface area contributed by atoms with E-state index in [-0.39, 0.29) is 0 Å². The first-order valence-electron chi connectivity index (χ1n) is 7.26. The molecule has 0 saturated carbocycles. The number of thiazole rings is 1. The molecule has 0 unspecified atom stereocenters. The summed E-state index contributed by atoms with van der Waals surface area (Å²) in [6.07, 6.45) is 1.45. The molecule has 9 heteroatoms. The van der Waals surface area contributed by atoms with Crippen LogP contribution in [0.5, 0.6) is 5.75 Å². The Bertz CT molecular complexity index is 838. The van der Waals surface area contributed by atoms with E-state index < -0.39 is 0 Å². The van der Waals surface area contributed by atoms with Crippen LogP contribution >= 0.6 is 11.3 Å². The molecular formula is C15H18N6O2S. The number of hydrogen-bond donors (Lipinski definition) is 3. The number of anilines is 4. The number of nitrogens with two attached hydrogens (primary N) is 1. The highest BCUT2D eigenvalue weighted by atomic mass is 32.1. The fourth-order valence-corrected chi connectivity index (χ4v) is 2.99. The Balaban J connectivity index is 1.81. The second kappa shape index (κ2) is 7.28. The van der Waals surface area contributed by atoms with E-state index in [1.54, 1.807) is 14.2 Å². The lowest BCUT2D eigenvalue weighted by atomic mass is 10.3. The summed E-state index contributed by atoms with van der Waals surface area (Å²) in [5.41, 5.74) is 7.44. The number of rotatable bonds is 7. The summed E-state index contributed by atoms with van der Waals surface area (Å²) in [7, 11) is 3.28. The highest BCUT2D eigenvalue weighted by molar-refractivity contribution is 7.22. The van der Waals surface area contributed by atoms with Gasteiger partial charge in [0, 0.05) is 13.7 Å². The van der Waals surface area contributed by atoms with Crippen LogP contribution in [0.2, 0.25) is 0 Å². The lowest BCUT2D eigenvalue weighted by molar-refractivity contribution is 0.210. The lowest BCUT2D eigenvalue weighted by Crippen LogP contribution is -2.12. The molecular weight excluding hydrogens is 328 g/mol. The first-order chi connectivity index (χ1) is 11.7. The van der Waals surface area contributed by atoms with E-state index in [0.717, 1.165) is 16.0 Å². The molecule has 2 aromatic heterocycles. The summed E-state index contributed by atoms with van der Waals surface area (Å²) in [6, 6.07) is 5.73. The molecule has 0 aliphatic carbocycles. The quantitative estimate of drug-likeness (QED) is 0.560. The Labute approximate surface area is 143 Å². The Morgan fingerprint density at radius 3 is 2.83 bits per heavy atom. The molecule has 8 nitrogen and oxygen atoms in total. The van der Waals surface area contributed by atoms with Gasteiger partial charge in [-0.2, -0.15) is 0 Å². The second-order valence-electron chi connectivity index (χ2n) is 4.88. The third-order valence-corrected chi connectivity index (χ3v) is 4.24. The molecule has 1 aromatic carbocycles. The van der Waals surface area contributed by atoms with Crippen molar-refractivity contribution in [2.75, 3.05) is 43.7 Å². The zero-order chi connectivity index (χ0) is 16.9. The van der Waals surface area contributed by atoms with Gasteiger partial charge < -0.3 is 25.8 Å². The van der Waals surface area contributed by atoms with Crippen molar-refractivity contribution < 1.29 is 9.47 Å². The van der Waals surface area contributed by atoms with Gasteiger partial charge in [0.1, 0.15) is 17.8 Å². The maximum Gasteiger partial charge on any atom is 0.189 e. The average molecular weight is 346 g/mol. The van der Waals surface area contributed by atoms with Crippen molar-refractivity contribution in [3.8, 4) is 5.75 Å². The minimum Gasteiger partial charge on any atom is -0.497 e. The number of methoxy groups -OCH3 is 2. The molecule has 0 radical (unpaired) electrons. The molecule has 0 bridgehead atoms. The number of nitrogens with one attached hydrogen (secondary N) is 2. The van der Waals surface area contributed by atoms with Gasteiger partial charge in [-0.05, 0) is 18.2 Å². The Morgan fingerprint density at radius 2 is 2.04 bits per heavy atom. The lowest BCUT2D eigenvalue weighted by Gasteiger charge is -2.10. The van der Waals surface area contributed by atoms with Crippen LogP contribution in [-0.2, 0) is 4.74 Å². The summed E-state index contributed by atoms with van der Waals surface area (Å²) >= 11 is 1.50. The predicted molar refractivity (Wildman–Crippen MR) is 96.3 cm³/mol. The van der Waals surface area contributed by atoms with Crippen LogP contribution in [-0.4, -0.2) is 42.3 Å². The molecule has 0 spiro atoms. The molecule has 2 heterocycles. The minimum absolute atomic E-state index is 0.436. The van der Waals surface area contributed by atoms with E-state index in [0.29, 0.717) is 35.6 Å². The third kappa shape index (κ3) is 3.47. The van der Waals surface area contributed by atoms with Gasteiger partial charge in [-0.1, -0.05) is 11.3 Å². The predicted octanol–water partition coefficient (Wildman–Crippen LogP) is 2.48. The smallest absolute Gasteiger partial charge is 0.189 e. The summed E-state index contributed by atoms with van der Waals surface area (Å²) < 4.78 is 11.2. The van der Waals surface area contributed by atoms with Crippen LogP contribution in [0.1, 0.15) is 0 Å². The Hall–Kier alpha value is -2.65. The highest BCUT2D eigenvalue weighted by Crippen LogP contribution is 2.32. The van der Waals surface area contributed by atoms with Crippen molar-refractivity contribution in [1.82, 2.24) is 15.0 Å². The van der Waals surface area contributed by atoms with Gasteiger partial charge in [-0.3, -0.25) is 0 Å². The van der Waals surface area contributed by atoms with E-state index in [1.807, 2.05) is 18.2 Å². The molecule has 24 heavy (non-hydrogen) atoms. The standard InChI is InChI=1S/C15H18N6O2S/c1-22-6-5-17-13-12(16)14(19-8-18-13)21-15-20-10-4-3-9(23-2)7-11(10)24-15/h3-4,7-8H,5-6,16H2,1-2H3,(H2,17,18,19,20,21). The molecule has 126 valence electrons. The summed E-state index contributed by atoms with van der Waals surface area (Å²) in [5, 5.41) is 6.96. The van der Waals surface area contributed by atoms with Crippen molar-refractivity contribution in [3.05, 3.63) is 24.5 Å². The minimum atomic E-state index is 0.436. The van der Waals surface area contributed by atoms with E-state index >= 15 is 0 Å². The number of nitrogen functional groups attached to an aromatic ring is 1. The van der Waals surface area contributed by atoms with Gasteiger partial charge in [-0.25, -0.2) is 15.0 Å². The molecule has 0 aliphatic rings. The fraction of sp³-hybridized carbons (Fsp3) is 0.267. The van der Waals surface area contributed by atoms with Gasteiger partial charge in [0.05, 0.1) is 23.9 Å². The normalized spacial score (nSPS) is 10.8. The summed E-state index contributed by atoms with van der Waals surface area (Å²) in [6.45, 7) is 1.17. The van der Waals surface area contributed by atoms with Gasteiger partial charge in [0.2, 0.25) is 0 Å². The molecule has 0 fully saturated rings. The van der Waals surface area contributed by atoms with E-state index in [1.165, 1.54) is 17.7 Å². The van der Waals surface area contributed by atoms with Gasteiger partial charge >= 0.3 is 0 Å². The maximum absolute atomic E-state index is 6.12. The van der Waals surface area contributed by atoms with E-state index in [4.69, 9.17) is 15.2 Å². The number of fused-ring (bicyclic) bond motifs is 1.